The Balaban J connectivity index is -0.000000862. The second-order valence-corrected chi connectivity index (χ2v) is 11.7. The van der Waals surface area contributed by atoms with E-state index in [4.69, 9.17) is 14.2 Å². The highest BCUT2D eigenvalue weighted by molar-refractivity contribution is 7.17. The summed E-state index contributed by atoms with van der Waals surface area (Å²) >= 11 is 0. The normalized spacial score (nSPS) is 12.9. The summed E-state index contributed by atoms with van der Waals surface area (Å²) in [6, 6.07) is 9.07. The van der Waals surface area contributed by atoms with E-state index in [1.807, 2.05) is 25.7 Å². The Labute approximate surface area is 346 Å². The second-order valence-electron chi connectivity index (χ2n) is 11.7. The van der Waals surface area contributed by atoms with Crippen LogP contribution < -0.4 is 15.1 Å². The minimum atomic E-state index is -0.717. The minimum Gasteiger partial charge on any atom is -0.462 e. The van der Waals surface area contributed by atoms with E-state index in [9.17, 15) is 34.6 Å². The molecular weight excluding hydrogens is 777 g/mol. The highest BCUT2D eigenvalue weighted by Crippen LogP contribution is 2.28. The van der Waals surface area contributed by atoms with Crippen LogP contribution in [0, 0.1) is 20.2 Å². The number of anilines is 2. The van der Waals surface area contributed by atoms with Crippen LogP contribution in [0.1, 0.15) is 55.3 Å². The van der Waals surface area contributed by atoms with Crippen LogP contribution in [0.25, 0.3) is 0 Å². The van der Waals surface area contributed by atoms with Gasteiger partial charge >= 0.3 is 18.0 Å². The van der Waals surface area contributed by atoms with Gasteiger partial charge in [0.05, 0.1) is 23.1 Å². The highest BCUT2D eigenvalue weighted by Gasteiger charge is 2.28. The van der Waals surface area contributed by atoms with Crippen molar-refractivity contribution in [2.24, 2.45) is 0 Å². The predicted octanol–water partition coefficient (Wildman–Crippen LogP) is 3.37. The molecule has 2 aromatic carbocycles. The van der Waals surface area contributed by atoms with Gasteiger partial charge in [0.2, 0.25) is 0 Å². The molecule has 2 saturated heterocycles. The number of nitrogens with zero attached hydrogens (tertiary/aromatic N) is 5. The van der Waals surface area contributed by atoms with Gasteiger partial charge in [0, 0.05) is 114 Å². The lowest BCUT2D eigenvalue weighted by Gasteiger charge is -2.36. The van der Waals surface area contributed by atoms with E-state index in [1.165, 1.54) is 24.3 Å². The standard InChI is InChI=1S/C18H25N3O6.C13H17N3O4.B3.B2.3ClH/c1-5-26-16(22)14-7-6-13(12-15(14)21(24)25)19-8-10-20(11-9-19)17(23)27-18(2,3)4;1-2-20-13(17)11-4-3-10(9-12(11)16(18)19)15-7-5-14-6-8-15;1-3-2;1-2;;;/h6-7,12H,5,8-11H2,1-4H3;3-4,9,14H,2,5-8H2,1H3;;;3*1H. The number of hydrogen-bond acceptors (Lipinski definition) is 13. The zero-order valence-corrected chi connectivity index (χ0v) is 33.9. The molecule has 9 radical (unpaired) electrons. The summed E-state index contributed by atoms with van der Waals surface area (Å²) in [4.78, 5) is 62.7. The van der Waals surface area contributed by atoms with Gasteiger partial charge in [0.15, 0.2) is 0 Å². The molecule has 55 heavy (non-hydrogen) atoms. The molecule has 0 aromatic heterocycles. The van der Waals surface area contributed by atoms with Gasteiger partial charge in [-0.1, -0.05) is 0 Å². The van der Waals surface area contributed by atoms with Crippen LogP contribution in [0.4, 0.5) is 27.5 Å². The third kappa shape index (κ3) is 18.6. The number of piperazine rings is 2. The molecule has 0 saturated carbocycles. The first kappa shape index (κ1) is 55.5. The lowest BCUT2D eigenvalue weighted by molar-refractivity contribution is -0.385. The van der Waals surface area contributed by atoms with E-state index >= 15 is 0 Å². The summed E-state index contributed by atoms with van der Waals surface area (Å²) in [5, 5.41) is 25.7. The topological polar surface area (TPSA) is 187 Å². The average Bonchev–Trinajstić information content (AvgIpc) is 3.12. The lowest BCUT2D eigenvalue weighted by Crippen LogP contribution is -2.50. The summed E-state index contributed by atoms with van der Waals surface area (Å²) < 4.78 is 15.1. The summed E-state index contributed by atoms with van der Waals surface area (Å²) in [5.74, 6) is -1.38. The number of nitro groups is 2. The molecule has 2 heterocycles. The number of esters is 2. The number of ether oxygens (including phenoxy) is 3. The van der Waals surface area contributed by atoms with Crippen LogP contribution in [-0.4, -0.2) is 142 Å². The molecule has 0 bridgehead atoms. The maximum absolute atomic E-state index is 12.1. The SMILES string of the molecule is CCOC(=O)c1ccc(N2CCN(C(=O)OC(C)(C)C)CC2)cc1[N+](=O)[O-].CCOC(=O)c1ccc(N2CCNCC2)cc1[N+](=O)[O-].Cl.Cl.Cl.[B][B].[B][B][B]. The van der Waals surface area contributed by atoms with Gasteiger partial charge in [-0.2, -0.15) is 0 Å². The summed E-state index contributed by atoms with van der Waals surface area (Å²) in [6.45, 7) is 14.2. The average molecular weight is 822 g/mol. The number of benzene rings is 2. The van der Waals surface area contributed by atoms with E-state index in [2.05, 4.69) is 41.2 Å². The molecule has 1 N–H and O–H groups in total. The van der Waals surface area contributed by atoms with Gasteiger partial charge in [-0.25, -0.2) is 14.4 Å². The Kier molecular flexibility index (Phi) is 28.9. The van der Waals surface area contributed by atoms with Crippen molar-refractivity contribution < 1.29 is 38.4 Å². The molecule has 2 aliphatic heterocycles. The van der Waals surface area contributed by atoms with Gasteiger partial charge in [-0.05, 0) is 58.9 Å². The fourth-order valence-corrected chi connectivity index (χ4v) is 4.90. The number of carbonyl (C=O) groups is 3. The highest BCUT2D eigenvalue weighted by atomic mass is 35.5. The van der Waals surface area contributed by atoms with Crippen molar-refractivity contribution in [3.8, 4) is 0 Å². The smallest absolute Gasteiger partial charge is 0.410 e. The van der Waals surface area contributed by atoms with Crippen LogP contribution in [-0.2, 0) is 14.2 Å². The first-order chi connectivity index (χ1) is 24.7. The summed E-state index contributed by atoms with van der Waals surface area (Å²) in [5.41, 5.74) is 0.246. The molecule has 16 nitrogen and oxygen atoms in total. The molecule has 0 aliphatic carbocycles. The van der Waals surface area contributed by atoms with Gasteiger partial charge in [-0.15, -0.1) is 37.2 Å². The van der Waals surface area contributed by atoms with E-state index in [-0.39, 0.29) is 79.0 Å². The van der Waals surface area contributed by atoms with Crippen LogP contribution in [0.5, 0.6) is 0 Å². The molecule has 2 aromatic rings. The van der Waals surface area contributed by atoms with E-state index in [0.29, 0.717) is 31.9 Å². The molecule has 24 heteroatoms. The molecule has 0 atom stereocenters. The Hall–Kier alpha value is -3.80. The fraction of sp³-hybridized carbons (Fsp3) is 0.516. The van der Waals surface area contributed by atoms with Gasteiger partial charge in [0.25, 0.3) is 11.4 Å². The summed E-state index contributed by atoms with van der Waals surface area (Å²) in [7, 11) is 18.0. The molecule has 0 spiro atoms. The monoisotopic (exact) mass is 821 g/mol. The minimum absolute atomic E-state index is 0. The summed E-state index contributed by atoms with van der Waals surface area (Å²) in [6.07, 6.45) is -0.370. The molecule has 2 aliphatic rings. The molecule has 4 rings (SSSR count). The molecular formula is C31H45B5Cl3N6O10. The van der Waals surface area contributed by atoms with E-state index in [1.54, 1.807) is 30.9 Å². The van der Waals surface area contributed by atoms with Crippen LogP contribution in [0.15, 0.2) is 36.4 Å². The third-order valence-electron chi connectivity index (χ3n) is 7.13. The number of nitro benzene ring substituents is 2. The lowest BCUT2D eigenvalue weighted by atomic mass is 9.40. The fourth-order valence-electron chi connectivity index (χ4n) is 4.90. The van der Waals surface area contributed by atoms with Crippen molar-refractivity contribution in [2.75, 3.05) is 75.4 Å². The van der Waals surface area contributed by atoms with Crippen LogP contribution in [0.2, 0.25) is 0 Å². The maximum atomic E-state index is 12.1. The number of halogens is 3. The van der Waals surface area contributed by atoms with Crippen molar-refractivity contribution in [1.29, 1.82) is 0 Å². The van der Waals surface area contributed by atoms with Gasteiger partial charge in [0.1, 0.15) is 16.7 Å². The Morgan fingerprint density at radius 3 is 1.44 bits per heavy atom. The van der Waals surface area contributed by atoms with Crippen molar-refractivity contribution in [2.45, 2.75) is 40.2 Å². The zero-order chi connectivity index (χ0) is 39.4. The third-order valence-corrected chi connectivity index (χ3v) is 7.13. The maximum Gasteiger partial charge on any atom is 0.410 e. The predicted molar refractivity (Wildman–Crippen MR) is 224 cm³/mol. The van der Waals surface area contributed by atoms with Gasteiger partial charge < -0.3 is 34.2 Å². The van der Waals surface area contributed by atoms with Crippen molar-refractivity contribution in [3.05, 3.63) is 67.8 Å². The first-order valence-electron chi connectivity index (χ1n) is 16.3. The van der Waals surface area contributed by atoms with E-state index < -0.39 is 27.4 Å². The van der Waals surface area contributed by atoms with E-state index in [0.717, 1.165) is 38.9 Å². The number of carbonyl (C=O) groups excluding carboxylic acids is 3. The second kappa shape index (κ2) is 28.6. The number of nitrogens with one attached hydrogen (secondary N) is 1. The molecule has 295 valence electrons. The Bertz CT molecular complexity index is 1500. The number of rotatable bonds is 8. The van der Waals surface area contributed by atoms with Crippen LogP contribution in [0.3, 0.4) is 0 Å². The van der Waals surface area contributed by atoms with Gasteiger partial charge in [-0.3, -0.25) is 20.2 Å². The number of amides is 1. The zero-order valence-electron chi connectivity index (χ0n) is 31.5. The quantitative estimate of drug-likeness (QED) is 0.134. The molecule has 2 fully saturated rings. The van der Waals surface area contributed by atoms with Crippen molar-refractivity contribution in [1.82, 2.24) is 10.2 Å². The van der Waals surface area contributed by atoms with Crippen LogP contribution >= 0.6 is 37.2 Å². The molecule has 1 amide bonds. The Morgan fingerprint density at radius 2 is 1.11 bits per heavy atom. The largest absolute Gasteiger partial charge is 0.462 e. The number of hydrogen-bond donors (Lipinski definition) is 1. The molecule has 0 unspecified atom stereocenters. The first-order valence-corrected chi connectivity index (χ1v) is 16.3. The Morgan fingerprint density at radius 1 is 0.745 bits per heavy atom. The van der Waals surface area contributed by atoms with Crippen molar-refractivity contribution >= 4 is 116 Å². The van der Waals surface area contributed by atoms with Crippen molar-refractivity contribution in [3.63, 3.8) is 0 Å².